The highest BCUT2D eigenvalue weighted by atomic mass is 16.6. The van der Waals surface area contributed by atoms with Gasteiger partial charge in [0.2, 0.25) is 0 Å². The summed E-state index contributed by atoms with van der Waals surface area (Å²) in [5, 5.41) is 2.79. The maximum absolute atomic E-state index is 12.3. The van der Waals surface area contributed by atoms with Crippen LogP contribution in [0.4, 0.5) is 5.69 Å². The van der Waals surface area contributed by atoms with Crippen molar-refractivity contribution in [3.8, 4) is 17.2 Å². The number of para-hydroxylation sites is 1. The summed E-state index contributed by atoms with van der Waals surface area (Å²) in [5.74, 6) is 0.836. The summed E-state index contributed by atoms with van der Waals surface area (Å²) >= 11 is 0. The molecule has 3 aromatic rings. The van der Waals surface area contributed by atoms with Crippen LogP contribution >= 0.6 is 0 Å². The van der Waals surface area contributed by atoms with Crippen molar-refractivity contribution in [3.05, 3.63) is 84.4 Å². The normalized spacial score (nSPS) is 10.0. The van der Waals surface area contributed by atoms with Gasteiger partial charge in [-0.2, -0.15) is 0 Å². The largest absolute Gasteiger partial charge is 0.497 e. The first-order valence-electron chi connectivity index (χ1n) is 8.58. The van der Waals surface area contributed by atoms with Gasteiger partial charge in [-0.1, -0.05) is 18.2 Å². The Bertz CT molecular complexity index is 921. The molecule has 0 aliphatic rings. The van der Waals surface area contributed by atoms with Gasteiger partial charge in [0.15, 0.2) is 6.61 Å². The molecule has 0 atom stereocenters. The van der Waals surface area contributed by atoms with Crippen molar-refractivity contribution >= 4 is 17.6 Å². The molecule has 0 aromatic heterocycles. The fraction of sp³-hybridized carbons (Fsp3) is 0.0909. The third-order valence-electron chi connectivity index (χ3n) is 3.80. The van der Waals surface area contributed by atoms with Crippen molar-refractivity contribution in [2.75, 3.05) is 19.0 Å². The second kappa shape index (κ2) is 9.23. The minimum Gasteiger partial charge on any atom is -0.497 e. The maximum atomic E-state index is 12.3. The smallest absolute Gasteiger partial charge is 0.349 e. The lowest BCUT2D eigenvalue weighted by Crippen LogP contribution is -2.17. The van der Waals surface area contributed by atoms with Crippen LogP contribution in [0.1, 0.15) is 10.4 Å². The zero-order valence-electron chi connectivity index (χ0n) is 15.3. The van der Waals surface area contributed by atoms with Gasteiger partial charge in [0.1, 0.15) is 17.2 Å². The highest BCUT2D eigenvalue weighted by Gasteiger charge is 2.09. The fourth-order valence-electron chi connectivity index (χ4n) is 2.37. The van der Waals surface area contributed by atoms with Gasteiger partial charge in [-0.25, -0.2) is 4.79 Å². The minimum atomic E-state index is -0.528. The van der Waals surface area contributed by atoms with E-state index in [0.29, 0.717) is 28.5 Å². The molecular weight excluding hydrogens is 358 g/mol. The Balaban J connectivity index is 1.52. The second-order valence-electron chi connectivity index (χ2n) is 5.78. The van der Waals surface area contributed by atoms with Gasteiger partial charge in [0, 0.05) is 11.3 Å². The van der Waals surface area contributed by atoms with Crippen LogP contribution in [0.3, 0.4) is 0 Å². The number of carbonyl (C=O) groups is 2. The van der Waals surface area contributed by atoms with Crippen LogP contribution < -0.4 is 19.5 Å². The summed E-state index contributed by atoms with van der Waals surface area (Å²) in [6, 6.07) is 22.3. The molecule has 0 radical (unpaired) electrons. The van der Waals surface area contributed by atoms with E-state index in [2.05, 4.69) is 5.32 Å². The average molecular weight is 377 g/mol. The highest BCUT2D eigenvalue weighted by molar-refractivity contribution is 6.04. The predicted octanol–water partition coefficient (Wildman–Crippen LogP) is 3.93. The number of benzene rings is 3. The van der Waals surface area contributed by atoms with E-state index in [4.69, 9.17) is 14.2 Å². The Morgan fingerprint density at radius 3 is 2.07 bits per heavy atom. The molecule has 0 fully saturated rings. The summed E-state index contributed by atoms with van der Waals surface area (Å²) in [6.07, 6.45) is 0. The molecule has 6 nitrogen and oxygen atoms in total. The molecule has 28 heavy (non-hydrogen) atoms. The van der Waals surface area contributed by atoms with E-state index in [0.717, 1.165) is 0 Å². The van der Waals surface area contributed by atoms with E-state index in [1.165, 1.54) is 0 Å². The van der Waals surface area contributed by atoms with Crippen LogP contribution in [-0.2, 0) is 4.79 Å². The van der Waals surface area contributed by atoms with Crippen molar-refractivity contribution in [2.45, 2.75) is 0 Å². The lowest BCUT2D eigenvalue weighted by Gasteiger charge is -2.08. The topological polar surface area (TPSA) is 73.9 Å². The first-order chi connectivity index (χ1) is 13.6. The number of hydrogen-bond acceptors (Lipinski definition) is 5. The second-order valence-corrected chi connectivity index (χ2v) is 5.78. The molecule has 0 bridgehead atoms. The van der Waals surface area contributed by atoms with Crippen molar-refractivity contribution in [2.24, 2.45) is 0 Å². The molecule has 142 valence electrons. The van der Waals surface area contributed by atoms with E-state index >= 15 is 0 Å². The van der Waals surface area contributed by atoms with Crippen LogP contribution in [0, 0.1) is 0 Å². The molecule has 3 rings (SSSR count). The van der Waals surface area contributed by atoms with Crippen LogP contribution in [0.15, 0.2) is 78.9 Å². The molecule has 0 heterocycles. The molecule has 3 aromatic carbocycles. The molecule has 0 saturated carbocycles. The van der Waals surface area contributed by atoms with Crippen LogP contribution in [0.25, 0.3) is 0 Å². The summed E-state index contributed by atoms with van der Waals surface area (Å²) in [7, 11) is 1.58. The first kappa shape index (κ1) is 19.0. The van der Waals surface area contributed by atoms with E-state index < -0.39 is 5.97 Å². The number of nitrogens with one attached hydrogen (secondary N) is 1. The number of hydrogen-bond donors (Lipinski definition) is 1. The van der Waals surface area contributed by atoms with Gasteiger partial charge in [0.05, 0.1) is 7.11 Å². The number of anilines is 1. The van der Waals surface area contributed by atoms with Crippen molar-refractivity contribution in [3.63, 3.8) is 0 Å². The molecule has 6 heteroatoms. The SMILES string of the molecule is COc1ccc(NC(=O)c2ccc(OC(=O)COc3ccccc3)cc2)cc1. The maximum Gasteiger partial charge on any atom is 0.349 e. The van der Waals surface area contributed by atoms with Gasteiger partial charge in [0.25, 0.3) is 5.91 Å². The van der Waals surface area contributed by atoms with Crippen molar-refractivity contribution in [1.29, 1.82) is 0 Å². The number of amides is 1. The minimum absolute atomic E-state index is 0.205. The number of esters is 1. The number of ether oxygens (including phenoxy) is 3. The summed E-state index contributed by atoms with van der Waals surface area (Å²) < 4.78 is 15.6. The van der Waals surface area contributed by atoms with E-state index in [1.807, 2.05) is 18.2 Å². The van der Waals surface area contributed by atoms with Crippen molar-refractivity contribution in [1.82, 2.24) is 0 Å². The molecule has 1 amide bonds. The lowest BCUT2D eigenvalue weighted by molar-refractivity contribution is -0.136. The Labute approximate surface area is 162 Å². The quantitative estimate of drug-likeness (QED) is 0.499. The van der Waals surface area contributed by atoms with Crippen LogP contribution in [0.5, 0.6) is 17.2 Å². The van der Waals surface area contributed by atoms with Crippen LogP contribution in [-0.4, -0.2) is 25.6 Å². The number of methoxy groups -OCH3 is 1. The zero-order chi connectivity index (χ0) is 19.8. The molecule has 0 unspecified atom stereocenters. The van der Waals surface area contributed by atoms with Gasteiger partial charge in [-0.05, 0) is 60.7 Å². The molecule has 0 aliphatic heterocycles. The third-order valence-corrected chi connectivity index (χ3v) is 3.80. The summed E-state index contributed by atoms with van der Waals surface area (Å²) in [4.78, 5) is 24.2. The molecule has 0 aliphatic carbocycles. The molecular formula is C22H19NO5. The van der Waals surface area contributed by atoms with Gasteiger partial charge in [-0.3, -0.25) is 4.79 Å². The molecule has 0 spiro atoms. The van der Waals surface area contributed by atoms with Crippen molar-refractivity contribution < 1.29 is 23.8 Å². The third kappa shape index (κ3) is 5.35. The molecule has 0 saturated heterocycles. The Hall–Kier alpha value is -3.80. The first-order valence-corrected chi connectivity index (χ1v) is 8.58. The highest BCUT2D eigenvalue weighted by Crippen LogP contribution is 2.17. The Morgan fingerprint density at radius 2 is 1.43 bits per heavy atom. The summed E-state index contributed by atoms with van der Waals surface area (Å²) in [6.45, 7) is -0.205. The van der Waals surface area contributed by atoms with E-state index in [-0.39, 0.29) is 12.5 Å². The standard InChI is InChI=1S/C22H19NO5/c1-26-18-13-9-17(10-14-18)23-22(25)16-7-11-20(12-8-16)28-21(24)15-27-19-5-3-2-4-6-19/h2-14H,15H2,1H3,(H,23,25). The van der Waals surface area contributed by atoms with E-state index in [1.54, 1.807) is 67.8 Å². The zero-order valence-corrected chi connectivity index (χ0v) is 15.3. The van der Waals surface area contributed by atoms with Gasteiger partial charge >= 0.3 is 5.97 Å². The number of rotatable bonds is 7. The average Bonchev–Trinajstić information content (AvgIpc) is 2.74. The Kier molecular flexibility index (Phi) is 6.25. The predicted molar refractivity (Wildman–Crippen MR) is 105 cm³/mol. The van der Waals surface area contributed by atoms with Gasteiger partial charge in [-0.15, -0.1) is 0 Å². The summed E-state index contributed by atoms with van der Waals surface area (Å²) in [5.41, 5.74) is 1.09. The lowest BCUT2D eigenvalue weighted by atomic mass is 10.2. The monoisotopic (exact) mass is 377 g/mol. The number of carbonyl (C=O) groups excluding carboxylic acids is 2. The molecule has 1 N–H and O–H groups in total. The van der Waals surface area contributed by atoms with Crippen LogP contribution in [0.2, 0.25) is 0 Å². The van der Waals surface area contributed by atoms with E-state index in [9.17, 15) is 9.59 Å². The van der Waals surface area contributed by atoms with Gasteiger partial charge < -0.3 is 19.5 Å². The Morgan fingerprint density at radius 1 is 0.786 bits per heavy atom. The fourth-order valence-corrected chi connectivity index (χ4v) is 2.37.